The predicted molar refractivity (Wildman–Crippen MR) is 118 cm³/mol. The summed E-state index contributed by atoms with van der Waals surface area (Å²) in [6.45, 7) is 2.96. The summed E-state index contributed by atoms with van der Waals surface area (Å²) in [6.07, 6.45) is 2.25. The Labute approximate surface area is 204 Å². The molecule has 0 aliphatic heterocycles. The Morgan fingerprint density at radius 1 is 0.759 bits per heavy atom. The van der Waals surface area contributed by atoms with Gasteiger partial charge < -0.3 is 21.7 Å². The maximum absolute atomic E-state index is 5.75. The molecule has 29 heavy (non-hydrogen) atoms. The second kappa shape index (κ2) is 11.8. The zero-order chi connectivity index (χ0) is 18.5. The van der Waals surface area contributed by atoms with Gasteiger partial charge in [0.2, 0.25) is 0 Å². The quantitative estimate of drug-likeness (QED) is 0.188. The third-order valence-corrected chi connectivity index (χ3v) is 6.57. The number of hydrogen-bond acceptors (Lipinski definition) is 3. The third kappa shape index (κ3) is 6.12. The summed E-state index contributed by atoms with van der Waals surface area (Å²) in [5.74, 6) is 0.945. The van der Waals surface area contributed by atoms with E-state index >= 15 is 0 Å². The average molecular weight is 535 g/mol. The average Bonchev–Trinajstić information content (AvgIpc) is 3.41. The molecule has 4 aromatic rings. The van der Waals surface area contributed by atoms with Crippen LogP contribution in [0.2, 0.25) is 0 Å². The predicted octanol–water partition coefficient (Wildman–Crippen LogP) is 4.79. The van der Waals surface area contributed by atoms with Crippen LogP contribution in [-0.2, 0) is 19.5 Å². The molecular formula is C24H21BrOS2Zn. The van der Waals surface area contributed by atoms with E-state index in [-0.39, 0.29) is 36.5 Å². The molecule has 0 atom stereocenters. The zero-order valence-electron chi connectivity index (χ0n) is 16.4. The van der Waals surface area contributed by atoms with Crippen molar-refractivity contribution >= 4 is 22.7 Å². The van der Waals surface area contributed by atoms with Crippen LogP contribution in [0.1, 0.15) is 19.8 Å². The molecule has 2 aromatic carbocycles. The molecule has 144 valence electrons. The van der Waals surface area contributed by atoms with Crippen LogP contribution in [0.25, 0.3) is 31.3 Å². The minimum atomic E-state index is 0. The van der Waals surface area contributed by atoms with Gasteiger partial charge in [0.15, 0.2) is 0 Å². The number of thiophene rings is 2. The monoisotopic (exact) mass is 532 g/mol. The van der Waals surface area contributed by atoms with Crippen molar-refractivity contribution in [2.24, 2.45) is 0 Å². The van der Waals surface area contributed by atoms with Gasteiger partial charge in [-0.3, -0.25) is 11.3 Å². The van der Waals surface area contributed by atoms with Crippen molar-refractivity contribution in [3.8, 4) is 37.1 Å². The molecule has 5 heteroatoms. The number of benzene rings is 2. The van der Waals surface area contributed by atoms with Crippen LogP contribution >= 0.6 is 22.7 Å². The van der Waals surface area contributed by atoms with Gasteiger partial charge in [-0.25, -0.2) is 0 Å². The molecule has 0 aliphatic rings. The van der Waals surface area contributed by atoms with Crippen LogP contribution in [0, 0.1) is 5.38 Å². The normalized spacial score (nSPS) is 10.1. The first-order valence-electron chi connectivity index (χ1n) is 9.23. The first-order chi connectivity index (χ1) is 13.3. The van der Waals surface area contributed by atoms with Crippen LogP contribution in [0.15, 0.2) is 72.8 Å². The Kier molecular flexibility index (Phi) is 9.78. The number of hydrogen-bond donors (Lipinski definition) is 0. The summed E-state index contributed by atoms with van der Waals surface area (Å²) >= 11 is 3.50. The summed E-state index contributed by atoms with van der Waals surface area (Å²) in [5, 5.41) is 3.16. The molecule has 0 spiro atoms. The van der Waals surface area contributed by atoms with Gasteiger partial charge in [0, 0.05) is 4.88 Å². The van der Waals surface area contributed by atoms with Crippen LogP contribution in [0.4, 0.5) is 0 Å². The molecule has 2 heterocycles. The standard InChI is InChI=1S/C24H21OS2.BrH.Zn/c1-2-3-16-25-21-12-10-19(11-13-21)18-6-8-20(9-7-18)22-14-15-24(27-22)23-5-4-17-26-23;;/h4-15H,2-3,16H2,1H3;1H;/q-1;;+2/p-1. The van der Waals surface area contributed by atoms with E-state index in [1.165, 1.54) is 31.3 Å². The van der Waals surface area contributed by atoms with E-state index in [1.54, 1.807) is 11.3 Å². The molecule has 0 saturated carbocycles. The molecule has 2 aromatic heterocycles. The second-order valence-electron chi connectivity index (χ2n) is 6.39. The third-order valence-electron chi connectivity index (χ3n) is 4.44. The van der Waals surface area contributed by atoms with Crippen molar-refractivity contribution in [2.75, 3.05) is 6.61 Å². The molecule has 0 radical (unpaired) electrons. The first kappa shape index (κ1) is 24.0. The molecule has 0 bridgehead atoms. The Bertz CT molecular complexity index is 977. The van der Waals surface area contributed by atoms with Crippen LogP contribution < -0.4 is 21.7 Å². The van der Waals surface area contributed by atoms with E-state index in [1.807, 2.05) is 17.4 Å². The SMILES string of the molecule is CCCCOc1ccc(-c2ccc(-c3ccc(-c4cc[c-]s4)s3)cc2)cc1.[Br-].[Zn+2]. The van der Waals surface area contributed by atoms with E-state index in [0.717, 1.165) is 25.2 Å². The largest absolute Gasteiger partial charge is 2.00 e. The molecule has 1 nitrogen and oxygen atoms in total. The van der Waals surface area contributed by atoms with Gasteiger partial charge in [-0.15, -0.1) is 21.6 Å². The molecular weight excluding hydrogens is 514 g/mol. The van der Waals surface area contributed by atoms with Gasteiger partial charge >= 0.3 is 19.5 Å². The molecule has 0 unspecified atom stereocenters. The summed E-state index contributed by atoms with van der Waals surface area (Å²) in [7, 11) is 0. The van der Waals surface area contributed by atoms with Gasteiger partial charge in [-0.2, -0.15) is 12.1 Å². The number of rotatable bonds is 7. The maximum atomic E-state index is 5.75. The second-order valence-corrected chi connectivity index (χ2v) is 8.35. The van der Waals surface area contributed by atoms with Crippen molar-refractivity contribution in [1.29, 1.82) is 0 Å². The summed E-state index contributed by atoms with van der Waals surface area (Å²) < 4.78 is 5.75. The Morgan fingerprint density at radius 3 is 2.00 bits per heavy atom. The van der Waals surface area contributed by atoms with Crippen LogP contribution in [0.5, 0.6) is 5.75 Å². The number of unbranched alkanes of at least 4 members (excludes halogenated alkanes) is 1. The van der Waals surface area contributed by atoms with Gasteiger partial charge in [-0.05, 0) is 46.2 Å². The number of halogens is 1. The Balaban J connectivity index is 0.00000150. The van der Waals surface area contributed by atoms with Crippen molar-refractivity contribution < 1.29 is 41.2 Å². The van der Waals surface area contributed by atoms with Crippen LogP contribution in [0.3, 0.4) is 0 Å². The fourth-order valence-electron chi connectivity index (χ4n) is 2.90. The number of ether oxygens (including phenoxy) is 1. The van der Waals surface area contributed by atoms with E-state index in [2.05, 4.69) is 79.0 Å². The molecule has 0 saturated heterocycles. The van der Waals surface area contributed by atoms with E-state index in [9.17, 15) is 0 Å². The van der Waals surface area contributed by atoms with Crippen molar-refractivity contribution in [3.05, 3.63) is 78.2 Å². The summed E-state index contributed by atoms with van der Waals surface area (Å²) in [5.41, 5.74) is 3.70. The zero-order valence-corrected chi connectivity index (χ0v) is 22.5. The van der Waals surface area contributed by atoms with E-state index in [4.69, 9.17) is 4.74 Å². The minimum absolute atomic E-state index is 0. The fraction of sp³-hybridized carbons (Fsp3) is 0.167. The molecule has 0 fully saturated rings. The summed E-state index contributed by atoms with van der Waals surface area (Å²) in [6, 6.07) is 25.7. The van der Waals surface area contributed by atoms with Crippen molar-refractivity contribution in [1.82, 2.24) is 0 Å². The Morgan fingerprint density at radius 2 is 1.38 bits per heavy atom. The molecule has 4 rings (SSSR count). The summed E-state index contributed by atoms with van der Waals surface area (Å²) in [4.78, 5) is 3.88. The van der Waals surface area contributed by atoms with Gasteiger partial charge in [0.25, 0.3) is 0 Å². The first-order valence-corrected chi connectivity index (χ1v) is 10.9. The van der Waals surface area contributed by atoms with E-state index in [0.29, 0.717) is 0 Å². The topological polar surface area (TPSA) is 9.23 Å². The molecule has 0 aliphatic carbocycles. The smallest absolute Gasteiger partial charge is 1.00 e. The van der Waals surface area contributed by atoms with Gasteiger partial charge in [0.1, 0.15) is 5.75 Å². The molecule has 0 amide bonds. The molecule has 0 N–H and O–H groups in total. The maximum Gasteiger partial charge on any atom is 2.00 e. The van der Waals surface area contributed by atoms with Crippen molar-refractivity contribution in [2.45, 2.75) is 19.8 Å². The Hall–Kier alpha value is -1.26. The van der Waals surface area contributed by atoms with Gasteiger partial charge in [-0.1, -0.05) is 55.8 Å². The fourth-order valence-corrected chi connectivity index (χ4v) is 4.65. The van der Waals surface area contributed by atoms with Crippen molar-refractivity contribution in [3.63, 3.8) is 0 Å². The van der Waals surface area contributed by atoms with Crippen LogP contribution in [-0.4, -0.2) is 6.61 Å². The van der Waals surface area contributed by atoms with E-state index < -0.39 is 0 Å². The van der Waals surface area contributed by atoms with Gasteiger partial charge in [0.05, 0.1) is 6.61 Å². The minimum Gasteiger partial charge on any atom is -1.00 e.